The summed E-state index contributed by atoms with van der Waals surface area (Å²) in [4.78, 5) is 24.1. The molecule has 0 saturated heterocycles. The van der Waals surface area contributed by atoms with Crippen LogP contribution in [0, 0.1) is 0 Å². The van der Waals surface area contributed by atoms with Crippen molar-refractivity contribution in [3.8, 4) is 0 Å². The molecule has 0 bridgehead atoms. The molecule has 0 spiro atoms. The van der Waals surface area contributed by atoms with E-state index in [0.717, 1.165) is 16.2 Å². The zero-order chi connectivity index (χ0) is 16.9. The molecular formula is C18H17N2O3S-. The molecule has 1 aliphatic rings. The second-order valence-electron chi connectivity index (χ2n) is 5.61. The van der Waals surface area contributed by atoms with Gasteiger partial charge in [0.2, 0.25) is 5.91 Å². The number of benzene rings is 1. The first-order chi connectivity index (χ1) is 11.6. The van der Waals surface area contributed by atoms with Crippen LogP contribution in [-0.2, 0) is 9.59 Å². The molecule has 0 aliphatic carbocycles. The molecular weight excluding hydrogens is 324 g/mol. The average molecular weight is 341 g/mol. The summed E-state index contributed by atoms with van der Waals surface area (Å²) in [6, 6.07) is 13.6. The van der Waals surface area contributed by atoms with Gasteiger partial charge < -0.3 is 9.90 Å². The fourth-order valence-electron chi connectivity index (χ4n) is 2.75. The minimum Gasteiger partial charge on any atom is -0.550 e. The molecule has 5 nitrogen and oxygen atoms in total. The molecule has 2 heterocycles. The maximum Gasteiger partial charge on any atom is 0.243 e. The molecule has 24 heavy (non-hydrogen) atoms. The van der Waals surface area contributed by atoms with Crippen LogP contribution in [-0.4, -0.2) is 22.6 Å². The summed E-state index contributed by atoms with van der Waals surface area (Å²) in [5.74, 6) is -1.28. The third-order valence-electron chi connectivity index (χ3n) is 3.92. The molecule has 0 radical (unpaired) electrons. The van der Waals surface area contributed by atoms with Crippen LogP contribution < -0.4 is 5.11 Å². The predicted octanol–water partition coefficient (Wildman–Crippen LogP) is 2.35. The summed E-state index contributed by atoms with van der Waals surface area (Å²) < 4.78 is 0. The third-order valence-corrected chi connectivity index (χ3v) is 4.89. The Hall–Kier alpha value is -2.47. The number of carboxylic acid groups (broad SMARTS) is 1. The van der Waals surface area contributed by atoms with Crippen LogP contribution in [0.4, 0.5) is 0 Å². The van der Waals surface area contributed by atoms with Crippen LogP contribution in [0.25, 0.3) is 0 Å². The minimum absolute atomic E-state index is 0.113. The topological polar surface area (TPSA) is 72.8 Å². The number of hydrogen-bond donors (Lipinski definition) is 0. The number of carbonyl (C=O) groups is 2. The standard InChI is InChI=1S/C18H18N2O3S/c21-17(9-4-10-18(22)23)20-15(16-8-5-11-24-16)12-14(19-20)13-6-2-1-3-7-13/h1-3,5-8,11,15H,4,9-10,12H2,(H,22,23)/p-1/t15-/m1/s1. The largest absolute Gasteiger partial charge is 0.550 e. The molecule has 0 unspecified atom stereocenters. The zero-order valence-electron chi connectivity index (χ0n) is 13.1. The molecule has 0 N–H and O–H groups in total. The van der Waals surface area contributed by atoms with E-state index in [1.165, 1.54) is 5.01 Å². The highest BCUT2D eigenvalue weighted by Crippen LogP contribution is 2.35. The zero-order valence-corrected chi connectivity index (χ0v) is 13.9. The third kappa shape index (κ3) is 3.71. The first kappa shape index (κ1) is 16.4. The number of thiophene rings is 1. The number of aliphatic carboxylic acids is 1. The summed E-state index contributed by atoms with van der Waals surface area (Å²) in [5.41, 5.74) is 1.88. The molecule has 3 rings (SSSR count). The van der Waals surface area contributed by atoms with Crippen LogP contribution in [0.3, 0.4) is 0 Å². The second-order valence-corrected chi connectivity index (χ2v) is 6.59. The Morgan fingerprint density at radius 1 is 1.17 bits per heavy atom. The fourth-order valence-corrected chi connectivity index (χ4v) is 3.56. The molecule has 124 valence electrons. The van der Waals surface area contributed by atoms with Gasteiger partial charge in [-0.05, 0) is 29.9 Å². The molecule has 2 aromatic rings. The fraction of sp³-hybridized carbons (Fsp3) is 0.278. The number of carboxylic acids is 1. The van der Waals surface area contributed by atoms with E-state index < -0.39 is 5.97 Å². The molecule has 1 aromatic carbocycles. The van der Waals surface area contributed by atoms with Crippen molar-refractivity contribution in [2.75, 3.05) is 0 Å². The number of carbonyl (C=O) groups excluding carboxylic acids is 2. The van der Waals surface area contributed by atoms with Crippen molar-refractivity contribution in [1.82, 2.24) is 5.01 Å². The molecule has 1 aliphatic heterocycles. The van der Waals surface area contributed by atoms with Crippen molar-refractivity contribution in [3.05, 3.63) is 58.3 Å². The van der Waals surface area contributed by atoms with E-state index >= 15 is 0 Å². The van der Waals surface area contributed by atoms with Crippen molar-refractivity contribution < 1.29 is 14.7 Å². The summed E-state index contributed by atoms with van der Waals surface area (Å²) in [6.45, 7) is 0. The van der Waals surface area contributed by atoms with Crippen LogP contribution in [0.2, 0.25) is 0 Å². The maximum atomic E-state index is 12.5. The monoisotopic (exact) mass is 341 g/mol. The van der Waals surface area contributed by atoms with Gasteiger partial charge in [-0.2, -0.15) is 5.10 Å². The smallest absolute Gasteiger partial charge is 0.243 e. The number of amides is 1. The molecule has 1 aromatic heterocycles. The Balaban J connectivity index is 1.79. The van der Waals surface area contributed by atoms with Crippen LogP contribution in [0.1, 0.15) is 42.2 Å². The van der Waals surface area contributed by atoms with Gasteiger partial charge >= 0.3 is 0 Å². The van der Waals surface area contributed by atoms with E-state index in [4.69, 9.17) is 0 Å². The molecule has 1 amide bonds. The molecule has 6 heteroatoms. The summed E-state index contributed by atoms with van der Waals surface area (Å²) in [5, 5.41) is 18.6. The number of hydrogen-bond acceptors (Lipinski definition) is 5. The van der Waals surface area contributed by atoms with Gasteiger partial charge in [0.15, 0.2) is 0 Å². The first-order valence-electron chi connectivity index (χ1n) is 7.83. The highest BCUT2D eigenvalue weighted by Gasteiger charge is 2.33. The highest BCUT2D eigenvalue weighted by atomic mass is 32.1. The van der Waals surface area contributed by atoms with E-state index in [0.29, 0.717) is 6.42 Å². The lowest BCUT2D eigenvalue weighted by Gasteiger charge is -2.20. The maximum absolute atomic E-state index is 12.5. The Morgan fingerprint density at radius 2 is 1.96 bits per heavy atom. The van der Waals surface area contributed by atoms with Gasteiger partial charge in [0, 0.05) is 23.7 Å². The lowest BCUT2D eigenvalue weighted by Crippen LogP contribution is -2.27. The number of nitrogens with zero attached hydrogens (tertiary/aromatic N) is 2. The van der Waals surface area contributed by atoms with Gasteiger partial charge in [0.25, 0.3) is 0 Å². The number of hydrazone groups is 1. The highest BCUT2D eigenvalue weighted by molar-refractivity contribution is 7.10. The van der Waals surface area contributed by atoms with E-state index in [1.54, 1.807) is 11.3 Å². The van der Waals surface area contributed by atoms with Crippen LogP contribution in [0.15, 0.2) is 52.9 Å². The Labute approximate surface area is 144 Å². The van der Waals surface area contributed by atoms with E-state index in [9.17, 15) is 14.7 Å². The van der Waals surface area contributed by atoms with Crippen LogP contribution >= 0.6 is 11.3 Å². The van der Waals surface area contributed by atoms with Crippen molar-refractivity contribution in [2.45, 2.75) is 31.7 Å². The lowest BCUT2D eigenvalue weighted by atomic mass is 10.0. The van der Waals surface area contributed by atoms with E-state index in [1.807, 2.05) is 47.8 Å². The average Bonchev–Trinajstić information content (AvgIpc) is 3.24. The Morgan fingerprint density at radius 3 is 2.62 bits per heavy atom. The minimum atomic E-state index is -1.13. The van der Waals surface area contributed by atoms with Crippen molar-refractivity contribution in [1.29, 1.82) is 0 Å². The molecule has 1 atom stereocenters. The quantitative estimate of drug-likeness (QED) is 0.809. The second kappa shape index (κ2) is 7.40. The van der Waals surface area contributed by atoms with E-state index in [2.05, 4.69) is 5.10 Å². The van der Waals surface area contributed by atoms with Gasteiger partial charge in [-0.1, -0.05) is 36.4 Å². The SMILES string of the molecule is O=C([O-])CCCC(=O)N1N=C(c2ccccc2)C[C@@H]1c1cccs1. The van der Waals surface area contributed by atoms with Crippen molar-refractivity contribution in [3.63, 3.8) is 0 Å². The lowest BCUT2D eigenvalue weighted by molar-refractivity contribution is -0.305. The predicted molar refractivity (Wildman–Crippen MR) is 90.4 cm³/mol. The van der Waals surface area contributed by atoms with Gasteiger partial charge in [0.05, 0.1) is 11.8 Å². The van der Waals surface area contributed by atoms with Crippen molar-refractivity contribution >= 4 is 28.9 Å². The van der Waals surface area contributed by atoms with Crippen molar-refractivity contribution in [2.24, 2.45) is 5.10 Å². The summed E-state index contributed by atoms with van der Waals surface area (Å²) in [7, 11) is 0. The Kier molecular flexibility index (Phi) is 5.05. The first-order valence-corrected chi connectivity index (χ1v) is 8.71. The summed E-state index contributed by atoms with van der Waals surface area (Å²) >= 11 is 1.60. The van der Waals surface area contributed by atoms with Crippen LogP contribution in [0.5, 0.6) is 0 Å². The normalized spacial score (nSPS) is 16.9. The van der Waals surface area contributed by atoms with Gasteiger partial charge in [0.1, 0.15) is 0 Å². The molecule has 0 fully saturated rings. The number of rotatable bonds is 6. The van der Waals surface area contributed by atoms with E-state index in [-0.39, 0.29) is 31.2 Å². The summed E-state index contributed by atoms with van der Waals surface area (Å²) in [6.07, 6.45) is 0.974. The molecule has 0 saturated carbocycles. The Bertz CT molecular complexity index is 741. The van der Waals surface area contributed by atoms with Gasteiger partial charge in [-0.3, -0.25) is 4.79 Å². The van der Waals surface area contributed by atoms with Gasteiger partial charge in [-0.15, -0.1) is 11.3 Å². The van der Waals surface area contributed by atoms with Gasteiger partial charge in [-0.25, -0.2) is 5.01 Å².